The van der Waals surface area contributed by atoms with Crippen molar-refractivity contribution in [1.82, 2.24) is 10.3 Å². The van der Waals surface area contributed by atoms with Gasteiger partial charge < -0.3 is 10.1 Å². The third kappa shape index (κ3) is 5.43. The summed E-state index contributed by atoms with van der Waals surface area (Å²) in [6, 6.07) is 6.19. The van der Waals surface area contributed by atoms with Crippen molar-refractivity contribution in [3.8, 4) is 5.75 Å². The van der Waals surface area contributed by atoms with Crippen molar-refractivity contribution < 1.29 is 17.9 Å². The van der Waals surface area contributed by atoms with Crippen LogP contribution in [-0.2, 0) is 14.8 Å². The van der Waals surface area contributed by atoms with Crippen LogP contribution in [0.5, 0.6) is 5.75 Å². The van der Waals surface area contributed by atoms with Crippen molar-refractivity contribution in [2.45, 2.75) is 56.1 Å². The van der Waals surface area contributed by atoms with Gasteiger partial charge in [-0.2, -0.15) is 0 Å². The SMILES string of the molecule is C[C@H](Oc1ccc(S(=O)(=O)Nc2nccs2)cc1)C(=O)NC1CCCCC1. The quantitative estimate of drug-likeness (QED) is 0.732. The summed E-state index contributed by atoms with van der Waals surface area (Å²) in [6.07, 6.45) is 6.41. The number of aromatic nitrogens is 1. The van der Waals surface area contributed by atoms with E-state index in [2.05, 4.69) is 15.0 Å². The van der Waals surface area contributed by atoms with Gasteiger partial charge >= 0.3 is 0 Å². The van der Waals surface area contributed by atoms with Crippen LogP contribution in [0.2, 0.25) is 0 Å². The molecule has 1 aliphatic carbocycles. The van der Waals surface area contributed by atoms with Gasteiger partial charge in [0, 0.05) is 17.6 Å². The maximum atomic E-state index is 12.3. The van der Waals surface area contributed by atoms with Crippen molar-refractivity contribution in [1.29, 1.82) is 0 Å². The third-order valence-corrected chi connectivity index (χ3v) is 6.59. The average Bonchev–Trinajstić information content (AvgIpc) is 3.15. The molecule has 1 heterocycles. The number of benzene rings is 1. The van der Waals surface area contributed by atoms with E-state index < -0.39 is 16.1 Å². The number of hydrogen-bond acceptors (Lipinski definition) is 6. The van der Waals surface area contributed by atoms with Crippen molar-refractivity contribution in [2.75, 3.05) is 4.72 Å². The number of carbonyl (C=O) groups excluding carboxylic acids is 1. The molecule has 0 radical (unpaired) electrons. The van der Waals surface area contributed by atoms with Crippen molar-refractivity contribution in [3.63, 3.8) is 0 Å². The molecule has 1 aromatic carbocycles. The van der Waals surface area contributed by atoms with Crippen molar-refractivity contribution >= 4 is 32.4 Å². The number of ether oxygens (including phenoxy) is 1. The topological polar surface area (TPSA) is 97.4 Å². The minimum atomic E-state index is -3.70. The molecule has 27 heavy (non-hydrogen) atoms. The molecule has 1 atom stereocenters. The first-order chi connectivity index (χ1) is 12.9. The number of rotatable bonds is 7. The van der Waals surface area contributed by atoms with E-state index in [9.17, 15) is 13.2 Å². The van der Waals surface area contributed by atoms with Gasteiger partial charge in [0.2, 0.25) is 0 Å². The van der Waals surface area contributed by atoms with E-state index in [-0.39, 0.29) is 16.8 Å². The van der Waals surface area contributed by atoms with Gasteiger partial charge in [-0.3, -0.25) is 9.52 Å². The number of hydrogen-bond donors (Lipinski definition) is 2. The molecule has 1 fully saturated rings. The Morgan fingerprint density at radius 3 is 2.56 bits per heavy atom. The molecule has 0 aliphatic heterocycles. The molecular weight excluding hydrogens is 386 g/mol. The Hall–Kier alpha value is -2.13. The number of anilines is 1. The number of sulfonamides is 1. The molecule has 1 saturated carbocycles. The summed E-state index contributed by atoms with van der Waals surface area (Å²) in [5.41, 5.74) is 0. The first-order valence-electron chi connectivity index (χ1n) is 8.93. The monoisotopic (exact) mass is 409 g/mol. The van der Waals surface area contributed by atoms with Crippen LogP contribution >= 0.6 is 11.3 Å². The first kappa shape index (κ1) is 19.6. The van der Waals surface area contributed by atoms with Gasteiger partial charge in [-0.15, -0.1) is 11.3 Å². The highest BCUT2D eigenvalue weighted by molar-refractivity contribution is 7.93. The lowest BCUT2D eigenvalue weighted by Gasteiger charge is -2.24. The summed E-state index contributed by atoms with van der Waals surface area (Å²) in [7, 11) is -3.70. The van der Waals surface area contributed by atoms with Crippen LogP contribution in [0.1, 0.15) is 39.0 Å². The highest BCUT2D eigenvalue weighted by Gasteiger charge is 2.21. The Kier molecular flexibility index (Phi) is 6.33. The second-order valence-electron chi connectivity index (χ2n) is 6.52. The second-order valence-corrected chi connectivity index (χ2v) is 9.09. The smallest absolute Gasteiger partial charge is 0.263 e. The lowest BCUT2D eigenvalue weighted by molar-refractivity contribution is -0.128. The van der Waals surface area contributed by atoms with Crippen LogP contribution in [0.25, 0.3) is 0 Å². The fourth-order valence-corrected chi connectivity index (χ4v) is 4.76. The molecule has 1 aromatic heterocycles. The molecule has 2 aromatic rings. The van der Waals surface area contributed by atoms with Crippen LogP contribution in [0.15, 0.2) is 40.7 Å². The van der Waals surface area contributed by atoms with E-state index >= 15 is 0 Å². The van der Waals surface area contributed by atoms with Crippen molar-refractivity contribution in [3.05, 3.63) is 35.8 Å². The predicted molar refractivity (Wildman–Crippen MR) is 104 cm³/mol. The Morgan fingerprint density at radius 2 is 1.93 bits per heavy atom. The van der Waals surface area contributed by atoms with Gasteiger partial charge in [0.25, 0.3) is 15.9 Å². The van der Waals surface area contributed by atoms with Gasteiger partial charge in [0.1, 0.15) is 5.75 Å². The fourth-order valence-electron chi connectivity index (χ4n) is 2.97. The summed E-state index contributed by atoms with van der Waals surface area (Å²) in [6.45, 7) is 1.69. The molecule has 9 heteroatoms. The van der Waals surface area contributed by atoms with Gasteiger partial charge in [-0.05, 0) is 44.0 Å². The Morgan fingerprint density at radius 1 is 1.22 bits per heavy atom. The molecular formula is C18H23N3O4S2. The molecule has 146 valence electrons. The largest absolute Gasteiger partial charge is 0.481 e. The Labute approximate surface area is 163 Å². The molecule has 3 rings (SSSR count). The van der Waals surface area contributed by atoms with Crippen LogP contribution in [0.3, 0.4) is 0 Å². The number of nitrogens with one attached hydrogen (secondary N) is 2. The van der Waals surface area contributed by atoms with Gasteiger partial charge in [-0.25, -0.2) is 13.4 Å². The van der Waals surface area contributed by atoms with E-state index in [0.29, 0.717) is 10.9 Å². The summed E-state index contributed by atoms with van der Waals surface area (Å²) >= 11 is 1.20. The summed E-state index contributed by atoms with van der Waals surface area (Å²) in [4.78, 5) is 16.3. The minimum absolute atomic E-state index is 0.101. The number of thiazole rings is 1. The molecule has 1 aliphatic rings. The molecule has 2 N–H and O–H groups in total. The highest BCUT2D eigenvalue weighted by Crippen LogP contribution is 2.21. The molecule has 7 nitrogen and oxygen atoms in total. The van der Waals surface area contributed by atoms with Crippen LogP contribution in [-0.4, -0.2) is 31.5 Å². The fraction of sp³-hybridized carbons (Fsp3) is 0.444. The van der Waals surface area contributed by atoms with Crippen LogP contribution in [0, 0.1) is 0 Å². The maximum absolute atomic E-state index is 12.3. The van der Waals surface area contributed by atoms with E-state index in [1.165, 1.54) is 36.1 Å². The Bertz CT molecular complexity index is 845. The second kappa shape index (κ2) is 8.71. The van der Waals surface area contributed by atoms with Gasteiger partial charge in [0.15, 0.2) is 11.2 Å². The number of carbonyl (C=O) groups is 1. The normalized spacial score (nSPS) is 16.5. The standard InChI is InChI=1S/C18H23N3O4S2/c1-13(17(22)20-14-5-3-2-4-6-14)25-15-7-9-16(10-8-15)27(23,24)21-18-19-11-12-26-18/h7-14H,2-6H2,1H3,(H,19,21)(H,20,22)/t13-/m0/s1. The Balaban J connectivity index is 1.57. The van der Waals surface area contributed by atoms with Gasteiger partial charge in [-0.1, -0.05) is 19.3 Å². The van der Waals surface area contributed by atoms with E-state index in [1.807, 2.05) is 0 Å². The first-order valence-corrected chi connectivity index (χ1v) is 11.3. The van der Waals surface area contributed by atoms with E-state index in [4.69, 9.17) is 4.74 Å². The molecule has 1 amide bonds. The number of amides is 1. The van der Waals surface area contributed by atoms with Crippen LogP contribution < -0.4 is 14.8 Å². The zero-order valence-electron chi connectivity index (χ0n) is 15.1. The molecule has 0 spiro atoms. The average molecular weight is 410 g/mol. The summed E-state index contributed by atoms with van der Waals surface area (Å²) in [5.74, 6) is 0.290. The summed E-state index contributed by atoms with van der Waals surface area (Å²) < 4.78 is 32.7. The highest BCUT2D eigenvalue weighted by atomic mass is 32.2. The zero-order valence-corrected chi connectivity index (χ0v) is 16.7. The molecule has 0 unspecified atom stereocenters. The van der Waals surface area contributed by atoms with E-state index in [1.54, 1.807) is 24.4 Å². The molecule has 0 bridgehead atoms. The lowest BCUT2D eigenvalue weighted by atomic mass is 9.95. The van der Waals surface area contributed by atoms with Gasteiger partial charge in [0.05, 0.1) is 4.90 Å². The summed E-state index contributed by atoms with van der Waals surface area (Å²) in [5, 5.41) is 5.02. The third-order valence-electron chi connectivity index (χ3n) is 4.42. The zero-order chi connectivity index (χ0) is 19.3. The van der Waals surface area contributed by atoms with Crippen molar-refractivity contribution in [2.24, 2.45) is 0 Å². The molecule has 0 saturated heterocycles. The maximum Gasteiger partial charge on any atom is 0.263 e. The lowest BCUT2D eigenvalue weighted by Crippen LogP contribution is -2.43. The number of nitrogens with zero attached hydrogens (tertiary/aromatic N) is 1. The van der Waals surface area contributed by atoms with Crippen LogP contribution in [0.4, 0.5) is 5.13 Å². The predicted octanol–water partition coefficient (Wildman–Crippen LogP) is 3.16. The minimum Gasteiger partial charge on any atom is -0.481 e. The van der Waals surface area contributed by atoms with E-state index in [0.717, 1.165) is 25.7 Å².